The quantitative estimate of drug-likeness (QED) is 0.869. The monoisotopic (exact) mass is 295 g/mol. The van der Waals surface area contributed by atoms with Crippen molar-refractivity contribution in [1.82, 2.24) is 0 Å². The van der Waals surface area contributed by atoms with Crippen LogP contribution in [0.4, 0.5) is 0 Å². The summed E-state index contributed by atoms with van der Waals surface area (Å²) in [5.74, 6) is 0. The Morgan fingerprint density at radius 2 is 1.68 bits per heavy atom. The fourth-order valence-corrected chi connectivity index (χ4v) is 2.35. The van der Waals surface area contributed by atoms with Crippen LogP contribution in [0.5, 0.6) is 0 Å². The molecule has 0 amide bonds. The number of nitriles is 1. The van der Waals surface area contributed by atoms with Gasteiger partial charge in [-0.1, -0.05) is 48.5 Å². The average Bonchev–Trinajstić information content (AvgIpc) is 2.61. The fraction of sp³-hybridized carbons (Fsp3) is 0.278. The van der Waals surface area contributed by atoms with Crippen molar-refractivity contribution in [3.63, 3.8) is 0 Å². The molecule has 0 spiro atoms. The number of benzene rings is 2. The fourth-order valence-electron chi connectivity index (χ4n) is 2.35. The molecule has 0 aromatic heterocycles. The van der Waals surface area contributed by atoms with Gasteiger partial charge in [0.05, 0.1) is 31.5 Å². The van der Waals surface area contributed by atoms with Gasteiger partial charge in [-0.05, 0) is 11.6 Å². The van der Waals surface area contributed by atoms with Crippen LogP contribution in [0.3, 0.4) is 0 Å². The van der Waals surface area contributed by atoms with E-state index in [0.29, 0.717) is 25.4 Å². The number of rotatable bonds is 4. The third-order valence-corrected chi connectivity index (χ3v) is 3.55. The molecule has 0 saturated carbocycles. The van der Waals surface area contributed by atoms with Crippen LogP contribution in [0.2, 0.25) is 0 Å². The molecule has 2 aromatic carbocycles. The summed E-state index contributed by atoms with van der Waals surface area (Å²) in [4.78, 5) is 0. The first-order valence-electron chi connectivity index (χ1n) is 7.24. The van der Waals surface area contributed by atoms with Gasteiger partial charge in [-0.25, -0.2) is 0 Å². The highest BCUT2D eigenvalue weighted by Gasteiger charge is 2.24. The molecule has 0 atom stereocenters. The van der Waals surface area contributed by atoms with E-state index in [1.54, 1.807) is 6.07 Å². The highest BCUT2D eigenvalue weighted by Crippen LogP contribution is 2.24. The van der Waals surface area contributed by atoms with Crippen molar-refractivity contribution in [2.45, 2.75) is 19.0 Å². The molecule has 1 fully saturated rings. The van der Waals surface area contributed by atoms with Crippen molar-refractivity contribution in [2.24, 2.45) is 0 Å². The Kier molecular flexibility index (Phi) is 4.81. The minimum Gasteiger partial charge on any atom is -0.369 e. The van der Waals surface area contributed by atoms with Crippen LogP contribution in [0.15, 0.2) is 54.6 Å². The van der Waals surface area contributed by atoms with E-state index in [4.69, 9.17) is 19.5 Å². The lowest BCUT2D eigenvalue weighted by atomic mass is 10.1. The van der Waals surface area contributed by atoms with E-state index < -0.39 is 0 Å². The predicted molar refractivity (Wildman–Crippen MR) is 80.8 cm³/mol. The summed E-state index contributed by atoms with van der Waals surface area (Å²) < 4.78 is 17.2. The second-order valence-electron chi connectivity index (χ2n) is 5.11. The van der Waals surface area contributed by atoms with E-state index in [1.165, 1.54) is 0 Å². The van der Waals surface area contributed by atoms with Crippen molar-refractivity contribution in [2.75, 3.05) is 13.2 Å². The summed E-state index contributed by atoms with van der Waals surface area (Å²) in [6, 6.07) is 19.5. The van der Waals surface area contributed by atoms with Crippen LogP contribution < -0.4 is 0 Å². The van der Waals surface area contributed by atoms with Crippen LogP contribution in [0, 0.1) is 11.3 Å². The van der Waals surface area contributed by atoms with E-state index >= 15 is 0 Å². The van der Waals surface area contributed by atoms with Gasteiger partial charge in [-0.15, -0.1) is 0 Å². The van der Waals surface area contributed by atoms with E-state index in [-0.39, 0.29) is 12.4 Å². The molecule has 1 aliphatic heterocycles. The molecule has 112 valence electrons. The molecule has 0 N–H and O–H groups in total. The van der Waals surface area contributed by atoms with Crippen molar-refractivity contribution in [1.29, 1.82) is 5.26 Å². The Labute approximate surface area is 129 Å². The molecule has 1 saturated heterocycles. The van der Waals surface area contributed by atoms with Gasteiger partial charge in [0.25, 0.3) is 0 Å². The molecule has 0 unspecified atom stereocenters. The van der Waals surface area contributed by atoms with Crippen molar-refractivity contribution >= 4 is 0 Å². The third-order valence-electron chi connectivity index (χ3n) is 3.55. The van der Waals surface area contributed by atoms with Gasteiger partial charge in [-0.2, -0.15) is 5.26 Å². The smallest absolute Gasteiger partial charge is 0.184 e. The topological polar surface area (TPSA) is 51.5 Å². The summed E-state index contributed by atoms with van der Waals surface area (Å²) in [7, 11) is 0. The van der Waals surface area contributed by atoms with Crippen LogP contribution >= 0.6 is 0 Å². The van der Waals surface area contributed by atoms with Gasteiger partial charge < -0.3 is 14.2 Å². The highest BCUT2D eigenvalue weighted by atomic mass is 16.7. The average molecular weight is 295 g/mol. The van der Waals surface area contributed by atoms with Gasteiger partial charge in [-0.3, -0.25) is 0 Å². The van der Waals surface area contributed by atoms with Gasteiger partial charge in [0.2, 0.25) is 0 Å². The number of nitrogens with zero attached hydrogens (tertiary/aromatic N) is 1. The zero-order chi connectivity index (χ0) is 15.2. The van der Waals surface area contributed by atoms with Crippen LogP contribution in [-0.2, 0) is 20.8 Å². The van der Waals surface area contributed by atoms with E-state index in [2.05, 4.69) is 6.07 Å². The zero-order valence-corrected chi connectivity index (χ0v) is 12.1. The van der Waals surface area contributed by atoms with Crippen LogP contribution in [-0.4, -0.2) is 19.3 Å². The molecule has 4 nitrogen and oxygen atoms in total. The maximum absolute atomic E-state index is 9.06. The maximum Gasteiger partial charge on any atom is 0.184 e. The Bertz CT molecular complexity index is 643. The number of hydrogen-bond acceptors (Lipinski definition) is 4. The highest BCUT2D eigenvalue weighted by molar-refractivity contribution is 5.36. The third kappa shape index (κ3) is 3.52. The van der Waals surface area contributed by atoms with Crippen molar-refractivity contribution in [3.8, 4) is 6.07 Å². The minimum atomic E-state index is -0.326. The second kappa shape index (κ2) is 7.19. The Hall–Kier alpha value is -2.19. The van der Waals surface area contributed by atoms with Gasteiger partial charge >= 0.3 is 0 Å². The summed E-state index contributed by atoms with van der Waals surface area (Å²) in [6.45, 7) is 1.35. The number of hydrogen-bond donors (Lipinski definition) is 0. The lowest BCUT2D eigenvalue weighted by Crippen LogP contribution is -2.33. The second-order valence-corrected chi connectivity index (χ2v) is 5.11. The Morgan fingerprint density at radius 3 is 2.41 bits per heavy atom. The molecular formula is C18H17NO3. The van der Waals surface area contributed by atoms with Crippen LogP contribution in [0.1, 0.15) is 23.0 Å². The molecule has 4 heteroatoms. The summed E-state index contributed by atoms with van der Waals surface area (Å²) in [5.41, 5.74) is 2.54. The van der Waals surface area contributed by atoms with Crippen LogP contribution in [0.25, 0.3) is 0 Å². The van der Waals surface area contributed by atoms with E-state index in [1.807, 2.05) is 48.5 Å². The summed E-state index contributed by atoms with van der Waals surface area (Å²) in [5, 5.41) is 9.06. The van der Waals surface area contributed by atoms with Gasteiger partial charge in [0.15, 0.2) is 6.29 Å². The Morgan fingerprint density at radius 1 is 1.00 bits per heavy atom. The molecule has 3 rings (SSSR count). The lowest BCUT2D eigenvalue weighted by molar-refractivity contribution is -0.232. The zero-order valence-electron chi connectivity index (χ0n) is 12.1. The summed E-state index contributed by atoms with van der Waals surface area (Å²) >= 11 is 0. The largest absolute Gasteiger partial charge is 0.369 e. The minimum absolute atomic E-state index is 0.119. The van der Waals surface area contributed by atoms with Gasteiger partial charge in [0, 0.05) is 5.56 Å². The first kappa shape index (κ1) is 14.7. The molecule has 1 aliphatic rings. The van der Waals surface area contributed by atoms with Gasteiger partial charge in [0.1, 0.15) is 6.10 Å². The molecule has 0 aliphatic carbocycles. The molecule has 0 radical (unpaired) electrons. The first-order valence-corrected chi connectivity index (χ1v) is 7.24. The summed E-state index contributed by atoms with van der Waals surface area (Å²) in [6.07, 6.45) is -0.445. The lowest BCUT2D eigenvalue weighted by Gasteiger charge is -2.29. The number of ether oxygens (including phenoxy) is 3. The normalized spacial score (nSPS) is 21.2. The first-order chi connectivity index (χ1) is 10.9. The molecule has 22 heavy (non-hydrogen) atoms. The SMILES string of the molecule is N#Cc1ccccc1CO[C@H]1CO[C@@H](c2ccccc2)OC1. The predicted octanol–water partition coefficient (Wildman–Crippen LogP) is 3.19. The standard InChI is InChI=1S/C18H17NO3/c19-10-15-8-4-5-9-16(15)11-20-17-12-21-18(22-13-17)14-6-2-1-3-7-14/h1-9,17-18H,11-13H2/t17-,18+. The van der Waals surface area contributed by atoms with E-state index in [9.17, 15) is 0 Å². The maximum atomic E-state index is 9.06. The molecule has 0 bridgehead atoms. The van der Waals surface area contributed by atoms with Crippen molar-refractivity contribution < 1.29 is 14.2 Å². The van der Waals surface area contributed by atoms with E-state index in [0.717, 1.165) is 11.1 Å². The Balaban J connectivity index is 1.51. The molecular weight excluding hydrogens is 278 g/mol. The van der Waals surface area contributed by atoms with Crippen molar-refractivity contribution in [3.05, 3.63) is 71.3 Å². The molecule has 2 aromatic rings. The molecule has 1 heterocycles.